The van der Waals surface area contributed by atoms with E-state index in [1.807, 2.05) is 13.8 Å². The minimum Gasteiger partial charge on any atom is -0.354 e. The van der Waals surface area contributed by atoms with E-state index in [-0.39, 0.29) is 70.3 Å². The molecule has 3 rings (SSSR count). The Morgan fingerprint density at radius 3 is 2.13 bits per heavy atom. The van der Waals surface area contributed by atoms with Gasteiger partial charge >= 0.3 is 6.18 Å². The fourth-order valence-electron chi connectivity index (χ4n) is 7.50. The Labute approximate surface area is 359 Å². The Balaban J connectivity index is 1.86. The number of hydrogen-bond acceptors (Lipinski definition) is 7. The molecular weight excluding hydrogens is 830 g/mol. The van der Waals surface area contributed by atoms with Gasteiger partial charge in [0.25, 0.3) is 0 Å². The van der Waals surface area contributed by atoms with Crippen LogP contribution in [0.1, 0.15) is 111 Å². The summed E-state index contributed by atoms with van der Waals surface area (Å²) in [7, 11) is 1.41. The second-order valence-electron chi connectivity index (χ2n) is 16.2. The molecule has 1 saturated carbocycles. The van der Waals surface area contributed by atoms with Crippen molar-refractivity contribution in [1.82, 2.24) is 36.8 Å². The van der Waals surface area contributed by atoms with Crippen LogP contribution >= 0.6 is 23.2 Å². The molecular formula is C41H60Cl2F3N7O7. The van der Waals surface area contributed by atoms with Gasteiger partial charge in [-0.05, 0) is 88.0 Å². The summed E-state index contributed by atoms with van der Waals surface area (Å²) < 4.78 is 42.6. The molecule has 2 aliphatic rings. The Morgan fingerprint density at radius 1 is 0.883 bits per heavy atom. The van der Waals surface area contributed by atoms with Crippen LogP contribution in [0, 0.1) is 11.3 Å². The van der Waals surface area contributed by atoms with E-state index in [9.17, 15) is 46.7 Å². The Bertz CT molecular complexity index is 1710. The van der Waals surface area contributed by atoms with Crippen LogP contribution in [0.2, 0.25) is 10.0 Å². The lowest BCUT2D eigenvalue weighted by molar-refractivity contribution is -0.230. The van der Waals surface area contributed by atoms with Crippen molar-refractivity contribution in [3.8, 4) is 0 Å². The number of likely N-dealkylation sites (N-methyl/N-ethyl adjacent to an activating group) is 1. The number of nitrogens with zero attached hydrogens (tertiary/aromatic N) is 1. The summed E-state index contributed by atoms with van der Waals surface area (Å²) in [6, 6.07) is -2.50. The van der Waals surface area contributed by atoms with Crippen LogP contribution in [0.5, 0.6) is 0 Å². The zero-order chi connectivity index (χ0) is 44.9. The van der Waals surface area contributed by atoms with E-state index in [0.29, 0.717) is 34.9 Å². The van der Waals surface area contributed by atoms with Crippen LogP contribution in [-0.4, -0.2) is 102 Å². The van der Waals surface area contributed by atoms with Crippen LogP contribution in [0.4, 0.5) is 13.2 Å². The van der Waals surface area contributed by atoms with E-state index >= 15 is 0 Å². The molecule has 6 N–H and O–H groups in total. The first-order chi connectivity index (χ1) is 28.1. The summed E-state index contributed by atoms with van der Waals surface area (Å²) in [6.07, 6.45) is -3.59. The van der Waals surface area contributed by atoms with Crippen molar-refractivity contribution in [3.05, 3.63) is 33.8 Å². The third-order valence-electron chi connectivity index (χ3n) is 11.2. The second kappa shape index (κ2) is 22.6. The molecule has 336 valence electrons. The van der Waals surface area contributed by atoms with Gasteiger partial charge in [-0.25, -0.2) is 0 Å². The fraction of sp³-hybridized carbons (Fsp3) is 0.683. The second-order valence-corrected chi connectivity index (χ2v) is 17.1. The maximum Gasteiger partial charge on any atom is 0.403 e. The van der Waals surface area contributed by atoms with Gasteiger partial charge in [0.2, 0.25) is 41.4 Å². The van der Waals surface area contributed by atoms with Gasteiger partial charge in [-0.3, -0.25) is 33.6 Å². The summed E-state index contributed by atoms with van der Waals surface area (Å²) in [5.41, 5.74) is -2.15. The number of amides is 7. The molecule has 0 spiro atoms. The average molecular weight is 891 g/mol. The minimum atomic E-state index is -4.82. The van der Waals surface area contributed by atoms with Gasteiger partial charge in [0.1, 0.15) is 41.7 Å². The van der Waals surface area contributed by atoms with Crippen molar-refractivity contribution >= 4 is 64.6 Å². The van der Waals surface area contributed by atoms with Gasteiger partial charge in [0.05, 0.1) is 0 Å². The van der Waals surface area contributed by atoms with Crippen LogP contribution in [-0.2, 0) is 40.0 Å². The number of nitrogens with one attached hydrogen (secondary N) is 6. The molecule has 1 heterocycles. The Kier molecular flexibility index (Phi) is 19.0. The van der Waals surface area contributed by atoms with E-state index in [2.05, 4.69) is 31.9 Å². The standard InChI is InChI=1S/C41H60Cl2F3N7O7/c1-7-28-34(55)47-19-13-10-14-30(50-33(54)24(5)48-35(56)29(8-2)52-39(60)40(41(44,45)46)17-11-9-12-18-40)36(57)51-31(20-23(3)4)38(59)53(6)32(37(58)49-28)22-25-21-26(42)15-16-27(25)43/h15-16,21,23-24,28-32H,7-14,17-20,22H2,1-6H3,(H,47,55)(H,48,56)(H,49,58)(H,50,54)(H,51,57)(H,52,60)/t24-,28+,29-,30-,31-,32-/m0/s1. The van der Waals surface area contributed by atoms with Crippen molar-refractivity contribution < 1.29 is 46.7 Å². The van der Waals surface area contributed by atoms with E-state index in [4.69, 9.17) is 23.2 Å². The van der Waals surface area contributed by atoms with Crippen molar-refractivity contribution in [2.75, 3.05) is 13.6 Å². The average Bonchev–Trinajstić information content (AvgIpc) is 3.19. The van der Waals surface area contributed by atoms with Crippen LogP contribution < -0.4 is 31.9 Å². The fourth-order valence-corrected chi connectivity index (χ4v) is 7.89. The van der Waals surface area contributed by atoms with E-state index in [1.165, 1.54) is 25.8 Å². The Hall–Kier alpha value is -4.12. The quantitative estimate of drug-likeness (QED) is 0.178. The molecule has 1 aliphatic heterocycles. The maximum absolute atomic E-state index is 14.3. The van der Waals surface area contributed by atoms with Crippen molar-refractivity contribution in [2.45, 2.75) is 154 Å². The number of carbonyl (C=O) groups is 7. The molecule has 60 heavy (non-hydrogen) atoms. The molecule has 2 fully saturated rings. The predicted octanol–water partition coefficient (Wildman–Crippen LogP) is 4.49. The number of carbonyl (C=O) groups excluding carboxylic acids is 7. The molecule has 7 amide bonds. The largest absolute Gasteiger partial charge is 0.403 e. The van der Waals surface area contributed by atoms with Gasteiger partial charge in [-0.2, -0.15) is 13.2 Å². The number of alkyl halides is 3. The first-order valence-electron chi connectivity index (χ1n) is 20.7. The SMILES string of the molecule is CC[C@H](NC(=O)C1(C(F)(F)F)CCCCC1)C(=O)N[C@@H](C)C(=O)N[C@H]1CCCCNC(=O)[C@@H](CC)NC(=O)[C@H](Cc2cc(Cl)ccc2Cl)N(C)C(=O)[C@H](CC(C)C)NC1=O. The highest BCUT2D eigenvalue weighted by Crippen LogP contribution is 2.49. The molecule has 1 saturated heterocycles. The zero-order valence-corrected chi connectivity index (χ0v) is 36.7. The molecule has 14 nitrogen and oxygen atoms in total. The first-order valence-corrected chi connectivity index (χ1v) is 21.5. The predicted molar refractivity (Wildman–Crippen MR) is 221 cm³/mol. The Morgan fingerprint density at radius 2 is 1.53 bits per heavy atom. The lowest BCUT2D eigenvalue weighted by Gasteiger charge is -2.38. The topological polar surface area (TPSA) is 195 Å². The van der Waals surface area contributed by atoms with Crippen molar-refractivity contribution in [2.24, 2.45) is 11.3 Å². The summed E-state index contributed by atoms with van der Waals surface area (Å²) in [6.45, 7) is 8.42. The van der Waals surface area contributed by atoms with Crippen molar-refractivity contribution in [1.29, 1.82) is 0 Å². The minimum absolute atomic E-state index is 0.0591. The van der Waals surface area contributed by atoms with Crippen LogP contribution in [0.15, 0.2) is 18.2 Å². The summed E-state index contributed by atoms with van der Waals surface area (Å²) in [5, 5.41) is 16.3. The molecule has 6 atom stereocenters. The van der Waals surface area contributed by atoms with E-state index in [0.717, 1.165) is 0 Å². The lowest BCUT2D eigenvalue weighted by atomic mass is 9.72. The smallest absolute Gasteiger partial charge is 0.354 e. The number of halogens is 5. The van der Waals surface area contributed by atoms with E-state index < -0.39 is 89.2 Å². The van der Waals surface area contributed by atoms with E-state index in [1.54, 1.807) is 25.1 Å². The maximum atomic E-state index is 14.3. The third kappa shape index (κ3) is 13.4. The van der Waals surface area contributed by atoms with Crippen LogP contribution in [0.25, 0.3) is 0 Å². The summed E-state index contributed by atoms with van der Waals surface area (Å²) in [4.78, 5) is 96.6. The number of benzene rings is 1. The van der Waals surface area contributed by atoms with Gasteiger partial charge < -0.3 is 36.8 Å². The summed E-state index contributed by atoms with van der Waals surface area (Å²) >= 11 is 12.7. The third-order valence-corrected chi connectivity index (χ3v) is 11.8. The molecule has 19 heteroatoms. The van der Waals surface area contributed by atoms with Crippen LogP contribution in [0.3, 0.4) is 0 Å². The van der Waals surface area contributed by atoms with Gasteiger partial charge in [0.15, 0.2) is 0 Å². The lowest BCUT2D eigenvalue weighted by Crippen LogP contribution is -2.60. The molecule has 0 radical (unpaired) electrons. The van der Waals surface area contributed by atoms with Gasteiger partial charge in [-0.1, -0.05) is 70.2 Å². The zero-order valence-electron chi connectivity index (χ0n) is 35.2. The van der Waals surface area contributed by atoms with Crippen molar-refractivity contribution in [3.63, 3.8) is 0 Å². The molecule has 1 aliphatic carbocycles. The molecule has 1 aromatic rings. The molecule has 1 aromatic carbocycles. The monoisotopic (exact) mass is 889 g/mol. The molecule has 0 unspecified atom stereocenters. The number of rotatable bonds is 12. The first kappa shape index (κ1) is 50.2. The normalized spacial score (nSPS) is 23.4. The highest BCUT2D eigenvalue weighted by Gasteiger charge is 2.60. The highest BCUT2D eigenvalue weighted by atomic mass is 35.5. The number of hydrogen-bond donors (Lipinski definition) is 6. The molecule has 0 bridgehead atoms. The molecule has 0 aromatic heterocycles. The summed E-state index contributed by atoms with van der Waals surface area (Å²) in [5.74, 6) is -5.53. The van der Waals surface area contributed by atoms with Gasteiger partial charge in [0, 0.05) is 30.1 Å². The highest BCUT2D eigenvalue weighted by molar-refractivity contribution is 6.33. The van der Waals surface area contributed by atoms with Gasteiger partial charge in [-0.15, -0.1) is 0 Å².